The van der Waals surface area contributed by atoms with Crippen molar-refractivity contribution >= 4 is 21.7 Å². The van der Waals surface area contributed by atoms with Gasteiger partial charge >= 0.3 is 0 Å². The number of hydrogen-bond donors (Lipinski definition) is 1. The van der Waals surface area contributed by atoms with Gasteiger partial charge in [-0.2, -0.15) is 5.10 Å². The van der Waals surface area contributed by atoms with Crippen molar-refractivity contribution in [3.63, 3.8) is 0 Å². The molecule has 1 N–H and O–H groups in total. The molecule has 5 heteroatoms. The van der Waals surface area contributed by atoms with Crippen LogP contribution in [0, 0.1) is 5.41 Å². The summed E-state index contributed by atoms with van der Waals surface area (Å²) in [6.07, 6.45) is 3.24. The number of hydrogen-bond acceptors (Lipinski definition) is 3. The Kier molecular flexibility index (Phi) is 5.02. The number of carbonyl (C=O) groups excluding carboxylic acids is 1. The van der Waals surface area contributed by atoms with Gasteiger partial charge in [0, 0.05) is 18.5 Å². The number of aryl methyl sites for hydroxylation is 2. The molecule has 1 unspecified atom stereocenters. The lowest BCUT2D eigenvalue weighted by atomic mass is 9.78. The van der Waals surface area contributed by atoms with Gasteiger partial charge in [0.2, 0.25) is 0 Å². The topological polar surface area (TPSA) is 46.9 Å². The average Bonchev–Trinajstić information content (AvgIpc) is 3.06. The van der Waals surface area contributed by atoms with Gasteiger partial charge in [0.15, 0.2) is 0 Å². The number of halogens is 1. The molecule has 20 heavy (non-hydrogen) atoms. The minimum atomic E-state index is -0.172. The first kappa shape index (κ1) is 15.7. The van der Waals surface area contributed by atoms with Gasteiger partial charge in [-0.05, 0) is 48.7 Å². The lowest BCUT2D eigenvalue weighted by Crippen LogP contribution is -2.34. The molecule has 0 aliphatic carbocycles. The van der Waals surface area contributed by atoms with Crippen LogP contribution in [0.2, 0.25) is 0 Å². The molecule has 1 aromatic rings. The highest BCUT2D eigenvalue weighted by Crippen LogP contribution is 2.33. The molecule has 1 aliphatic rings. The van der Waals surface area contributed by atoms with Crippen molar-refractivity contribution in [2.24, 2.45) is 5.41 Å². The summed E-state index contributed by atoms with van der Waals surface area (Å²) in [7, 11) is 0. The van der Waals surface area contributed by atoms with E-state index in [2.05, 4.69) is 47.1 Å². The van der Waals surface area contributed by atoms with Crippen molar-refractivity contribution in [2.45, 2.75) is 53.0 Å². The van der Waals surface area contributed by atoms with Crippen LogP contribution in [-0.2, 0) is 24.2 Å². The third kappa shape index (κ3) is 2.70. The molecule has 1 fully saturated rings. The molecule has 112 valence electrons. The van der Waals surface area contributed by atoms with Crippen molar-refractivity contribution in [2.75, 3.05) is 13.1 Å². The van der Waals surface area contributed by atoms with E-state index >= 15 is 0 Å². The van der Waals surface area contributed by atoms with E-state index in [0.717, 1.165) is 54.8 Å². The van der Waals surface area contributed by atoms with Crippen LogP contribution >= 0.6 is 15.9 Å². The van der Waals surface area contributed by atoms with Crippen LogP contribution in [0.1, 0.15) is 45.0 Å². The van der Waals surface area contributed by atoms with E-state index in [0.29, 0.717) is 12.2 Å². The molecule has 0 amide bonds. The number of rotatable bonds is 6. The molecule has 2 heterocycles. The lowest BCUT2D eigenvalue weighted by molar-refractivity contribution is -0.127. The molecular formula is C15H24BrN3O. The minimum absolute atomic E-state index is 0.172. The van der Waals surface area contributed by atoms with E-state index in [-0.39, 0.29) is 5.41 Å². The largest absolute Gasteiger partial charge is 0.316 e. The van der Waals surface area contributed by atoms with Gasteiger partial charge in [-0.3, -0.25) is 9.48 Å². The zero-order chi connectivity index (χ0) is 14.8. The van der Waals surface area contributed by atoms with Crippen LogP contribution in [0.15, 0.2) is 4.47 Å². The molecule has 1 saturated heterocycles. The predicted octanol–water partition coefficient (Wildman–Crippen LogP) is 2.73. The first-order valence-electron chi connectivity index (χ1n) is 7.56. The zero-order valence-electron chi connectivity index (χ0n) is 12.6. The van der Waals surface area contributed by atoms with Gasteiger partial charge in [0.1, 0.15) is 5.78 Å². The van der Waals surface area contributed by atoms with Crippen molar-refractivity contribution in [3.8, 4) is 0 Å². The zero-order valence-corrected chi connectivity index (χ0v) is 14.2. The Hall–Kier alpha value is -0.680. The highest BCUT2D eigenvalue weighted by atomic mass is 79.9. The summed E-state index contributed by atoms with van der Waals surface area (Å²) in [6.45, 7) is 8.86. The second-order valence-corrected chi connectivity index (χ2v) is 6.33. The quantitative estimate of drug-likeness (QED) is 0.865. The molecule has 2 rings (SSSR count). The molecule has 4 nitrogen and oxygen atoms in total. The Morgan fingerprint density at radius 3 is 2.70 bits per heavy atom. The fraction of sp³-hybridized carbons (Fsp3) is 0.733. The Labute approximate surface area is 129 Å². The van der Waals surface area contributed by atoms with E-state index in [1.165, 1.54) is 0 Å². The van der Waals surface area contributed by atoms with Crippen molar-refractivity contribution in [3.05, 3.63) is 15.9 Å². The molecular weight excluding hydrogens is 318 g/mol. The number of Topliss-reactive ketones (excluding diaryl/α,β-unsaturated/α-hetero) is 1. The number of carbonyl (C=O) groups is 1. The molecule has 0 radical (unpaired) electrons. The number of ketones is 1. The Balaban J connectivity index is 2.25. The Bertz CT molecular complexity index is 490. The van der Waals surface area contributed by atoms with E-state index in [1.807, 2.05) is 4.68 Å². The Morgan fingerprint density at radius 1 is 1.45 bits per heavy atom. The van der Waals surface area contributed by atoms with Gasteiger partial charge in [-0.1, -0.05) is 13.8 Å². The van der Waals surface area contributed by atoms with Gasteiger partial charge < -0.3 is 5.32 Å². The fourth-order valence-corrected chi connectivity index (χ4v) is 3.71. The average molecular weight is 342 g/mol. The maximum Gasteiger partial charge on any atom is 0.146 e. The number of nitrogens with zero attached hydrogens (tertiary/aromatic N) is 2. The summed E-state index contributed by atoms with van der Waals surface area (Å²) in [4.78, 5) is 12.8. The first-order chi connectivity index (χ1) is 9.57. The molecule has 0 spiro atoms. The molecule has 1 aliphatic heterocycles. The van der Waals surface area contributed by atoms with Crippen molar-refractivity contribution in [1.82, 2.24) is 15.1 Å². The van der Waals surface area contributed by atoms with E-state index in [9.17, 15) is 4.79 Å². The van der Waals surface area contributed by atoms with Gasteiger partial charge in [-0.25, -0.2) is 0 Å². The third-order valence-corrected chi connectivity index (χ3v) is 5.45. The van der Waals surface area contributed by atoms with E-state index in [1.54, 1.807) is 0 Å². The standard InChI is InChI=1S/C15H24BrN3O/c1-4-11-14(16)12(19(6-3)18-11)9-13(20)15(5-2)7-8-17-10-15/h17H,4-10H2,1-3H3. The second-order valence-electron chi connectivity index (χ2n) is 5.54. The van der Waals surface area contributed by atoms with E-state index < -0.39 is 0 Å². The molecule has 0 saturated carbocycles. The van der Waals surface area contributed by atoms with Gasteiger partial charge in [0.05, 0.1) is 22.3 Å². The van der Waals surface area contributed by atoms with Crippen molar-refractivity contribution < 1.29 is 4.79 Å². The van der Waals surface area contributed by atoms with Crippen LogP contribution in [0.3, 0.4) is 0 Å². The first-order valence-corrected chi connectivity index (χ1v) is 8.35. The number of nitrogens with one attached hydrogen (secondary N) is 1. The van der Waals surface area contributed by atoms with Crippen LogP contribution in [0.5, 0.6) is 0 Å². The minimum Gasteiger partial charge on any atom is -0.316 e. The summed E-state index contributed by atoms with van der Waals surface area (Å²) in [5.74, 6) is 0.350. The van der Waals surface area contributed by atoms with Crippen molar-refractivity contribution in [1.29, 1.82) is 0 Å². The predicted molar refractivity (Wildman–Crippen MR) is 83.9 cm³/mol. The summed E-state index contributed by atoms with van der Waals surface area (Å²) < 4.78 is 2.99. The van der Waals surface area contributed by atoms with Crippen LogP contribution < -0.4 is 5.32 Å². The highest BCUT2D eigenvalue weighted by molar-refractivity contribution is 9.10. The molecule has 1 atom stereocenters. The third-order valence-electron chi connectivity index (χ3n) is 4.53. The SMILES string of the molecule is CCc1nn(CC)c(CC(=O)C2(CC)CCNC2)c1Br. The normalized spacial score (nSPS) is 22.4. The van der Waals surface area contributed by atoms with Gasteiger partial charge in [0.25, 0.3) is 0 Å². The summed E-state index contributed by atoms with van der Waals surface area (Å²) >= 11 is 3.63. The van der Waals surface area contributed by atoms with Crippen LogP contribution in [0.25, 0.3) is 0 Å². The summed E-state index contributed by atoms with van der Waals surface area (Å²) in [5.41, 5.74) is 1.91. The smallest absolute Gasteiger partial charge is 0.146 e. The monoisotopic (exact) mass is 341 g/mol. The highest BCUT2D eigenvalue weighted by Gasteiger charge is 2.39. The van der Waals surface area contributed by atoms with E-state index in [4.69, 9.17) is 0 Å². The van der Waals surface area contributed by atoms with Crippen LogP contribution in [-0.4, -0.2) is 28.7 Å². The molecule has 0 bridgehead atoms. The number of aromatic nitrogens is 2. The maximum atomic E-state index is 12.8. The molecule has 0 aromatic carbocycles. The Morgan fingerprint density at radius 2 is 2.20 bits per heavy atom. The van der Waals surface area contributed by atoms with Gasteiger partial charge in [-0.15, -0.1) is 0 Å². The molecule has 1 aromatic heterocycles. The van der Waals surface area contributed by atoms with Crippen LogP contribution in [0.4, 0.5) is 0 Å². The maximum absolute atomic E-state index is 12.8. The fourth-order valence-electron chi connectivity index (χ4n) is 3.01. The summed E-state index contributed by atoms with van der Waals surface area (Å²) in [5, 5.41) is 7.91. The second kappa shape index (κ2) is 6.39. The summed E-state index contributed by atoms with van der Waals surface area (Å²) in [6, 6.07) is 0. The lowest BCUT2D eigenvalue weighted by Gasteiger charge is -2.25.